The number of carbonyl (C=O) groups excluding carboxylic acids is 2. The summed E-state index contributed by atoms with van der Waals surface area (Å²) in [5.74, 6) is 1.14. The molecule has 2 fully saturated rings. The van der Waals surface area contributed by atoms with E-state index >= 15 is 0 Å². The van der Waals surface area contributed by atoms with Crippen molar-refractivity contribution in [2.75, 3.05) is 18.5 Å². The highest BCUT2D eigenvalue weighted by Crippen LogP contribution is 2.36. The van der Waals surface area contributed by atoms with Crippen LogP contribution in [0.4, 0.5) is 5.95 Å². The van der Waals surface area contributed by atoms with Crippen molar-refractivity contribution in [2.45, 2.75) is 76.4 Å². The highest BCUT2D eigenvalue weighted by atomic mass is 16.5. The summed E-state index contributed by atoms with van der Waals surface area (Å²) in [6, 6.07) is 5.51. The fourth-order valence-electron chi connectivity index (χ4n) is 5.99. The van der Waals surface area contributed by atoms with Crippen molar-refractivity contribution in [3.8, 4) is 5.75 Å². The van der Waals surface area contributed by atoms with E-state index in [9.17, 15) is 14.4 Å². The topological polar surface area (TPSA) is 120 Å². The predicted octanol–water partition coefficient (Wildman–Crippen LogP) is 2.41. The van der Waals surface area contributed by atoms with Gasteiger partial charge in [-0.2, -0.15) is 0 Å². The number of aromatic nitrogens is 2. The number of carbonyl (C=O) groups is 2. The number of anilines is 1. The Hall–Kier alpha value is -2.94. The van der Waals surface area contributed by atoms with Crippen LogP contribution < -0.4 is 21.3 Å². The largest absolute Gasteiger partial charge is 0.494 e. The molecule has 9 heteroatoms. The SMILES string of the molecule is NC(=O)C(CCCCOc1ccc2nc3n(c(=O)c2c1)CC(=O)N3)N1CCCC2CCCCC21. The number of unbranched alkanes of at least 4 members (excludes halogenated alkanes) is 1. The number of nitrogens with two attached hydrogens (primary N) is 1. The quantitative estimate of drug-likeness (QED) is 0.576. The van der Waals surface area contributed by atoms with Crippen LogP contribution in [0.1, 0.15) is 57.8 Å². The minimum atomic E-state index is -0.254. The smallest absolute Gasteiger partial charge is 0.263 e. The van der Waals surface area contributed by atoms with E-state index in [1.54, 1.807) is 18.2 Å². The number of nitrogens with zero attached hydrogens (tertiary/aromatic N) is 3. The van der Waals surface area contributed by atoms with Gasteiger partial charge in [0, 0.05) is 6.04 Å². The highest BCUT2D eigenvalue weighted by Gasteiger charge is 2.38. The lowest BCUT2D eigenvalue weighted by Crippen LogP contribution is -2.55. The molecule has 0 bridgehead atoms. The van der Waals surface area contributed by atoms with Crippen molar-refractivity contribution in [2.24, 2.45) is 11.7 Å². The molecule has 1 saturated carbocycles. The van der Waals surface area contributed by atoms with Gasteiger partial charge < -0.3 is 10.5 Å². The number of nitrogens with one attached hydrogen (secondary N) is 1. The van der Waals surface area contributed by atoms with E-state index in [2.05, 4.69) is 15.2 Å². The summed E-state index contributed by atoms with van der Waals surface area (Å²) in [5.41, 5.74) is 6.11. The maximum atomic E-state index is 12.7. The van der Waals surface area contributed by atoms with Gasteiger partial charge in [-0.3, -0.25) is 29.2 Å². The molecule has 0 spiro atoms. The van der Waals surface area contributed by atoms with Gasteiger partial charge in [-0.1, -0.05) is 12.8 Å². The number of hydrogen-bond donors (Lipinski definition) is 2. The van der Waals surface area contributed by atoms with Gasteiger partial charge in [-0.05, 0) is 75.6 Å². The number of amides is 2. The summed E-state index contributed by atoms with van der Waals surface area (Å²) in [4.78, 5) is 43.4. The lowest BCUT2D eigenvalue weighted by atomic mass is 9.77. The van der Waals surface area contributed by atoms with Crippen LogP contribution >= 0.6 is 0 Å². The first-order valence-electron chi connectivity index (χ1n) is 12.5. The van der Waals surface area contributed by atoms with Crippen LogP contribution in [0.5, 0.6) is 5.75 Å². The van der Waals surface area contributed by atoms with Gasteiger partial charge in [0.05, 0.1) is 23.6 Å². The van der Waals surface area contributed by atoms with Gasteiger partial charge in [0.2, 0.25) is 17.8 Å². The molecule has 3 atom stereocenters. The second kappa shape index (κ2) is 9.74. The molecule has 5 rings (SSSR count). The Morgan fingerprint density at radius 2 is 2.00 bits per heavy atom. The van der Waals surface area contributed by atoms with Crippen molar-refractivity contribution >= 4 is 28.7 Å². The molecule has 3 unspecified atom stereocenters. The van der Waals surface area contributed by atoms with Crippen molar-refractivity contribution in [3.05, 3.63) is 28.6 Å². The lowest BCUT2D eigenvalue weighted by Gasteiger charge is -2.47. The highest BCUT2D eigenvalue weighted by molar-refractivity contribution is 5.94. The molecule has 3 N–H and O–H groups in total. The normalized spacial score (nSPS) is 23.2. The number of fused-ring (bicyclic) bond motifs is 3. The zero-order chi connectivity index (χ0) is 23.7. The summed E-state index contributed by atoms with van der Waals surface area (Å²) in [6.45, 7) is 1.45. The molecule has 1 aromatic carbocycles. The lowest BCUT2D eigenvalue weighted by molar-refractivity contribution is -0.126. The van der Waals surface area contributed by atoms with Gasteiger partial charge in [-0.25, -0.2) is 4.98 Å². The fourth-order valence-corrected chi connectivity index (χ4v) is 5.99. The third-order valence-electron chi connectivity index (χ3n) is 7.63. The standard InChI is InChI=1S/C25H33N5O4/c26-23(32)21(29-12-5-7-16-6-1-2-8-20(16)29)9-3-4-13-34-17-10-11-19-18(14-17)24(33)30-15-22(31)28-25(30)27-19/h10-11,14,16,20-21H,1-9,12-13,15H2,(H2,26,32)(H,27,28,31). The molecular formula is C25H33N5O4. The maximum absolute atomic E-state index is 12.7. The Bertz CT molecular complexity index is 1140. The van der Waals surface area contributed by atoms with Gasteiger partial charge >= 0.3 is 0 Å². The number of piperidine rings is 1. The summed E-state index contributed by atoms with van der Waals surface area (Å²) in [7, 11) is 0. The molecule has 3 aliphatic rings. The number of rotatable bonds is 8. The molecule has 182 valence electrons. The molecule has 1 saturated heterocycles. The molecule has 3 heterocycles. The van der Waals surface area contributed by atoms with E-state index in [4.69, 9.17) is 10.5 Å². The van der Waals surface area contributed by atoms with Crippen molar-refractivity contribution in [3.63, 3.8) is 0 Å². The zero-order valence-corrected chi connectivity index (χ0v) is 19.5. The molecule has 1 aliphatic carbocycles. The van der Waals surface area contributed by atoms with Crippen LogP contribution in [0.25, 0.3) is 10.9 Å². The molecule has 1 aromatic heterocycles. The minimum Gasteiger partial charge on any atom is -0.494 e. The Labute approximate surface area is 198 Å². The van der Waals surface area contributed by atoms with Gasteiger partial charge in [-0.15, -0.1) is 0 Å². The maximum Gasteiger partial charge on any atom is 0.263 e. The Morgan fingerprint density at radius 1 is 1.18 bits per heavy atom. The number of ether oxygens (including phenoxy) is 1. The third kappa shape index (κ3) is 4.53. The van der Waals surface area contributed by atoms with Crippen LogP contribution in [-0.2, 0) is 16.1 Å². The van der Waals surface area contributed by atoms with Crippen LogP contribution in [0.15, 0.2) is 23.0 Å². The van der Waals surface area contributed by atoms with Crippen molar-refractivity contribution < 1.29 is 14.3 Å². The van der Waals surface area contributed by atoms with Gasteiger partial charge in [0.1, 0.15) is 12.3 Å². The summed E-state index contributed by atoms with van der Waals surface area (Å²) >= 11 is 0. The van der Waals surface area contributed by atoms with Gasteiger partial charge in [0.15, 0.2) is 0 Å². The van der Waals surface area contributed by atoms with Crippen LogP contribution in [0.3, 0.4) is 0 Å². The van der Waals surface area contributed by atoms with Crippen LogP contribution in [0.2, 0.25) is 0 Å². The van der Waals surface area contributed by atoms with E-state index in [1.807, 2.05) is 0 Å². The third-order valence-corrected chi connectivity index (χ3v) is 7.63. The Morgan fingerprint density at radius 3 is 2.85 bits per heavy atom. The molecule has 34 heavy (non-hydrogen) atoms. The average molecular weight is 468 g/mol. The number of primary amides is 1. The van der Waals surface area contributed by atoms with Gasteiger partial charge in [0.25, 0.3) is 5.56 Å². The number of benzene rings is 1. The fraction of sp³-hybridized carbons (Fsp3) is 0.600. The first kappa shape index (κ1) is 22.8. The minimum absolute atomic E-state index is 0.0121. The summed E-state index contributed by atoms with van der Waals surface area (Å²) < 4.78 is 7.24. The molecule has 9 nitrogen and oxygen atoms in total. The number of hydrogen-bond acceptors (Lipinski definition) is 6. The molecular weight excluding hydrogens is 434 g/mol. The van der Waals surface area contributed by atoms with Crippen LogP contribution in [-0.4, -0.2) is 51.5 Å². The first-order chi connectivity index (χ1) is 16.5. The second-order valence-corrected chi connectivity index (χ2v) is 9.81. The Balaban J connectivity index is 1.16. The van der Waals surface area contributed by atoms with E-state index in [0.717, 1.165) is 32.2 Å². The number of likely N-dealkylation sites (tertiary alicyclic amines) is 1. The second-order valence-electron chi connectivity index (χ2n) is 9.81. The van der Waals surface area contributed by atoms with E-state index in [-0.39, 0.29) is 35.9 Å². The zero-order valence-electron chi connectivity index (χ0n) is 19.5. The molecule has 0 radical (unpaired) electrons. The monoisotopic (exact) mass is 467 g/mol. The first-order valence-corrected chi connectivity index (χ1v) is 12.5. The van der Waals surface area contributed by atoms with E-state index in [0.29, 0.717) is 35.2 Å². The van der Waals surface area contributed by atoms with Crippen molar-refractivity contribution in [1.29, 1.82) is 0 Å². The molecule has 2 amide bonds. The van der Waals surface area contributed by atoms with E-state index < -0.39 is 0 Å². The van der Waals surface area contributed by atoms with E-state index in [1.165, 1.54) is 36.7 Å². The van der Waals surface area contributed by atoms with Crippen LogP contribution in [0, 0.1) is 5.92 Å². The average Bonchev–Trinajstić information content (AvgIpc) is 3.22. The molecule has 2 aliphatic heterocycles. The Kier molecular flexibility index (Phi) is 6.54. The predicted molar refractivity (Wildman–Crippen MR) is 129 cm³/mol. The summed E-state index contributed by atoms with van der Waals surface area (Å²) in [6.07, 6.45) is 9.84. The summed E-state index contributed by atoms with van der Waals surface area (Å²) in [5, 5.41) is 3.02. The van der Waals surface area contributed by atoms with Crippen molar-refractivity contribution in [1.82, 2.24) is 14.5 Å². The molecule has 2 aromatic rings.